The fraction of sp³-hybridized carbons (Fsp3) is 0.188. The molecule has 0 aliphatic heterocycles. The molecule has 27 heavy (non-hydrogen) atoms. The number of hydrogen-bond acceptors (Lipinski definition) is 9. The van der Waals surface area contributed by atoms with Gasteiger partial charge in [0.1, 0.15) is 5.82 Å². The van der Waals surface area contributed by atoms with Gasteiger partial charge in [-0.3, -0.25) is 9.59 Å². The number of hydrogen-bond donors (Lipinski definition) is 3. The number of carbonyl (C=O) groups excluding carboxylic acids is 2. The number of thioether (sulfide) groups is 1. The maximum Gasteiger partial charge on any atom is 0.338 e. The lowest BCUT2D eigenvalue weighted by Crippen LogP contribution is -2.15. The van der Waals surface area contributed by atoms with Gasteiger partial charge in [-0.1, -0.05) is 23.1 Å². The number of nitrogens with one attached hydrogen (secondary N) is 2. The Morgan fingerprint density at radius 2 is 2.15 bits per heavy atom. The number of nitrogens with zero attached hydrogens (tertiary/aromatic N) is 2. The van der Waals surface area contributed by atoms with Crippen molar-refractivity contribution in [3.8, 4) is 0 Å². The number of amides is 1. The van der Waals surface area contributed by atoms with Crippen LogP contribution < -0.4 is 16.6 Å². The maximum absolute atomic E-state index is 12.1. The number of thiazole rings is 1. The van der Waals surface area contributed by atoms with E-state index in [0.29, 0.717) is 22.8 Å². The van der Waals surface area contributed by atoms with Crippen molar-refractivity contribution >= 4 is 56.1 Å². The quantitative estimate of drug-likeness (QED) is 0.321. The van der Waals surface area contributed by atoms with E-state index in [0.717, 1.165) is 22.5 Å². The van der Waals surface area contributed by atoms with Crippen LogP contribution in [0.3, 0.4) is 0 Å². The summed E-state index contributed by atoms with van der Waals surface area (Å²) in [5.41, 5.74) is 6.21. The predicted molar refractivity (Wildman–Crippen MR) is 104 cm³/mol. The molecule has 0 bridgehead atoms. The van der Waals surface area contributed by atoms with Crippen molar-refractivity contribution in [2.45, 2.75) is 12.1 Å². The maximum atomic E-state index is 12.1. The number of carbonyl (C=O) groups is 2. The molecule has 0 saturated carbocycles. The molecule has 3 rings (SSSR count). The third-order valence-corrected chi connectivity index (χ3v) is 5.03. The van der Waals surface area contributed by atoms with Gasteiger partial charge >= 0.3 is 5.97 Å². The van der Waals surface area contributed by atoms with Gasteiger partial charge < -0.3 is 20.8 Å². The molecule has 0 aliphatic carbocycles. The van der Waals surface area contributed by atoms with Crippen LogP contribution in [0.2, 0.25) is 0 Å². The first kappa shape index (κ1) is 18.9. The van der Waals surface area contributed by atoms with E-state index in [4.69, 9.17) is 10.5 Å². The highest BCUT2D eigenvalue weighted by atomic mass is 32.2. The minimum absolute atomic E-state index is 0.0242. The Kier molecular flexibility index (Phi) is 5.72. The first-order chi connectivity index (χ1) is 12.9. The molecular weight excluding hydrogens is 390 g/mol. The van der Waals surface area contributed by atoms with Gasteiger partial charge in [-0.15, -0.1) is 0 Å². The highest BCUT2D eigenvalue weighted by Gasteiger charge is 2.12. The first-order valence-electron chi connectivity index (χ1n) is 7.82. The number of nitrogens with two attached hydrogens (primary N) is 1. The molecule has 1 aromatic carbocycles. The summed E-state index contributed by atoms with van der Waals surface area (Å²) in [6, 6.07) is 6.17. The van der Waals surface area contributed by atoms with Crippen molar-refractivity contribution in [2.24, 2.45) is 0 Å². The number of anilines is 2. The lowest BCUT2D eigenvalue weighted by molar-refractivity contribution is -0.113. The van der Waals surface area contributed by atoms with E-state index in [1.165, 1.54) is 11.3 Å². The molecule has 9 nitrogen and oxygen atoms in total. The smallest absolute Gasteiger partial charge is 0.338 e. The second-order valence-corrected chi connectivity index (χ2v) is 7.23. The molecule has 1 amide bonds. The molecule has 0 spiro atoms. The van der Waals surface area contributed by atoms with Gasteiger partial charge in [0.15, 0.2) is 10.3 Å². The SMILES string of the molecule is CCOC(=O)c1ccc2nc(NC(=O)CSc3nc(N)cc(=O)[nH]3)sc2c1. The third-order valence-electron chi connectivity index (χ3n) is 3.23. The molecule has 0 radical (unpaired) electrons. The number of fused-ring (bicyclic) bond motifs is 1. The molecule has 0 atom stereocenters. The summed E-state index contributed by atoms with van der Waals surface area (Å²) in [5.74, 6) is -0.602. The number of rotatable bonds is 6. The summed E-state index contributed by atoms with van der Waals surface area (Å²) >= 11 is 2.30. The van der Waals surface area contributed by atoms with E-state index >= 15 is 0 Å². The average molecular weight is 405 g/mol. The highest BCUT2D eigenvalue weighted by molar-refractivity contribution is 7.99. The summed E-state index contributed by atoms with van der Waals surface area (Å²) in [4.78, 5) is 46.0. The van der Waals surface area contributed by atoms with Crippen LogP contribution in [0.1, 0.15) is 17.3 Å². The number of nitrogen functional groups attached to an aromatic ring is 1. The van der Waals surface area contributed by atoms with Crippen molar-refractivity contribution in [1.82, 2.24) is 15.0 Å². The summed E-state index contributed by atoms with van der Waals surface area (Å²) in [6.45, 7) is 2.04. The fourth-order valence-electron chi connectivity index (χ4n) is 2.13. The van der Waals surface area contributed by atoms with Gasteiger partial charge in [0.25, 0.3) is 5.56 Å². The van der Waals surface area contributed by atoms with Crippen LogP contribution in [0.5, 0.6) is 0 Å². The summed E-state index contributed by atoms with van der Waals surface area (Å²) in [5, 5.41) is 3.36. The Hall–Kier alpha value is -2.92. The Morgan fingerprint density at radius 1 is 1.33 bits per heavy atom. The Morgan fingerprint density at radius 3 is 2.89 bits per heavy atom. The number of esters is 1. The number of benzene rings is 1. The van der Waals surface area contributed by atoms with Gasteiger partial charge in [-0.05, 0) is 25.1 Å². The third kappa shape index (κ3) is 4.83. The van der Waals surface area contributed by atoms with E-state index in [2.05, 4.69) is 20.3 Å². The molecule has 0 unspecified atom stereocenters. The average Bonchev–Trinajstić information content (AvgIpc) is 3.00. The van der Waals surface area contributed by atoms with Crippen LogP contribution >= 0.6 is 23.1 Å². The van der Waals surface area contributed by atoms with Crippen molar-refractivity contribution < 1.29 is 14.3 Å². The van der Waals surface area contributed by atoms with Crippen molar-refractivity contribution in [3.05, 3.63) is 40.2 Å². The van der Waals surface area contributed by atoms with E-state index in [1.54, 1.807) is 25.1 Å². The fourth-order valence-corrected chi connectivity index (χ4v) is 3.73. The predicted octanol–water partition coefficient (Wildman–Crippen LogP) is 1.87. The molecule has 140 valence electrons. The molecule has 0 fully saturated rings. The summed E-state index contributed by atoms with van der Waals surface area (Å²) < 4.78 is 5.73. The van der Waals surface area contributed by atoms with Crippen molar-refractivity contribution in [3.63, 3.8) is 0 Å². The highest BCUT2D eigenvalue weighted by Crippen LogP contribution is 2.27. The first-order valence-corrected chi connectivity index (χ1v) is 9.62. The van der Waals surface area contributed by atoms with E-state index in [1.807, 2.05) is 0 Å². The lowest BCUT2D eigenvalue weighted by atomic mass is 10.2. The summed E-state index contributed by atoms with van der Waals surface area (Å²) in [7, 11) is 0. The van der Waals surface area contributed by atoms with Gasteiger partial charge in [-0.25, -0.2) is 14.8 Å². The molecule has 2 heterocycles. The van der Waals surface area contributed by atoms with Crippen LogP contribution in [-0.4, -0.2) is 39.2 Å². The largest absolute Gasteiger partial charge is 0.462 e. The monoisotopic (exact) mass is 405 g/mol. The normalized spacial score (nSPS) is 10.7. The molecular formula is C16H15N5O4S2. The second-order valence-electron chi connectivity index (χ2n) is 5.23. The Labute approximate surface area is 161 Å². The topological polar surface area (TPSA) is 140 Å². The molecule has 2 aromatic heterocycles. The standard InChI is InChI=1S/C16H15N5O4S2/c1-2-25-14(24)8-3-4-9-10(5-8)27-16(18-9)21-13(23)7-26-15-19-11(17)6-12(22)20-15/h3-6H,2,7H2,1H3,(H,18,21,23)(H3,17,19,20,22). The Bertz CT molecular complexity index is 1060. The molecule has 0 aliphatic rings. The van der Waals surface area contributed by atoms with Gasteiger partial charge in [0, 0.05) is 6.07 Å². The molecule has 3 aromatic rings. The van der Waals surface area contributed by atoms with Crippen LogP contribution in [-0.2, 0) is 9.53 Å². The zero-order valence-electron chi connectivity index (χ0n) is 14.1. The molecule has 4 N–H and O–H groups in total. The van der Waals surface area contributed by atoms with Gasteiger partial charge in [0.05, 0.1) is 28.1 Å². The van der Waals surface area contributed by atoms with Crippen molar-refractivity contribution in [2.75, 3.05) is 23.4 Å². The van der Waals surface area contributed by atoms with Crippen LogP contribution in [0.15, 0.2) is 34.2 Å². The minimum Gasteiger partial charge on any atom is -0.462 e. The van der Waals surface area contributed by atoms with Crippen LogP contribution in [0.4, 0.5) is 10.9 Å². The molecule has 11 heteroatoms. The number of aromatic nitrogens is 3. The van der Waals surface area contributed by atoms with E-state index in [9.17, 15) is 14.4 Å². The zero-order valence-corrected chi connectivity index (χ0v) is 15.8. The minimum atomic E-state index is -0.404. The number of ether oxygens (including phenoxy) is 1. The van der Waals surface area contributed by atoms with E-state index in [-0.39, 0.29) is 28.2 Å². The Balaban J connectivity index is 1.66. The number of H-pyrrole nitrogens is 1. The van der Waals surface area contributed by atoms with Gasteiger partial charge in [-0.2, -0.15) is 0 Å². The van der Waals surface area contributed by atoms with Crippen LogP contribution in [0.25, 0.3) is 10.2 Å². The number of aromatic amines is 1. The summed E-state index contributed by atoms with van der Waals surface area (Å²) in [6.07, 6.45) is 0. The van der Waals surface area contributed by atoms with Crippen LogP contribution in [0, 0.1) is 0 Å². The van der Waals surface area contributed by atoms with Crippen molar-refractivity contribution in [1.29, 1.82) is 0 Å². The lowest BCUT2D eigenvalue weighted by Gasteiger charge is -2.01. The molecule has 0 saturated heterocycles. The zero-order chi connectivity index (χ0) is 19.4. The second kappa shape index (κ2) is 8.18. The van der Waals surface area contributed by atoms with E-state index < -0.39 is 5.97 Å². The van der Waals surface area contributed by atoms with Gasteiger partial charge in [0.2, 0.25) is 5.91 Å².